The Hall–Kier alpha value is -3.68. The second-order valence-electron chi connectivity index (χ2n) is 6.14. The van der Waals surface area contributed by atoms with Gasteiger partial charge in [0.25, 0.3) is 0 Å². The Balaban J connectivity index is 0.000000232. The number of phenolic OH excluding ortho intramolecular Hbond substituents is 1. The number of aromatic carboxylic acids is 1. The van der Waals surface area contributed by atoms with E-state index in [9.17, 15) is 18.0 Å². The van der Waals surface area contributed by atoms with Crippen molar-refractivity contribution in [2.75, 3.05) is 7.11 Å². The van der Waals surface area contributed by atoms with Crippen molar-refractivity contribution in [1.29, 1.82) is 0 Å². The van der Waals surface area contributed by atoms with E-state index in [-0.39, 0.29) is 22.8 Å². The first kappa shape index (κ1) is 22.6. The van der Waals surface area contributed by atoms with Crippen molar-refractivity contribution in [2.24, 2.45) is 0 Å². The van der Waals surface area contributed by atoms with Crippen molar-refractivity contribution in [3.63, 3.8) is 0 Å². The molecule has 0 unspecified atom stereocenters. The van der Waals surface area contributed by atoms with Gasteiger partial charge in [-0.15, -0.1) is 0 Å². The molecule has 0 aliphatic heterocycles. The number of alkyl halides is 3. The van der Waals surface area contributed by atoms with Crippen LogP contribution in [0.25, 0.3) is 0 Å². The summed E-state index contributed by atoms with van der Waals surface area (Å²) in [5, 5.41) is 17.7. The van der Waals surface area contributed by atoms with Gasteiger partial charge in [0.2, 0.25) is 0 Å². The lowest BCUT2D eigenvalue weighted by molar-refractivity contribution is -0.137. The molecule has 3 aromatic carbocycles. The summed E-state index contributed by atoms with van der Waals surface area (Å²) in [7, 11) is 1.36. The number of aromatic hydroxyl groups is 1. The fraction of sp³-hybridized carbons (Fsp3) is 0.136. The summed E-state index contributed by atoms with van der Waals surface area (Å²) in [6.45, 7) is 1.89. The van der Waals surface area contributed by atoms with Crippen LogP contribution in [0.2, 0.25) is 0 Å². The van der Waals surface area contributed by atoms with Gasteiger partial charge in [0.05, 0.1) is 18.2 Å². The number of hydrogen-bond acceptors (Lipinski definition) is 4. The van der Waals surface area contributed by atoms with Crippen molar-refractivity contribution in [2.45, 2.75) is 13.1 Å². The maximum absolute atomic E-state index is 12.5. The summed E-state index contributed by atoms with van der Waals surface area (Å²) >= 11 is 0. The number of hydrogen-bond donors (Lipinski definition) is 2. The molecule has 0 saturated carbocycles. The van der Waals surface area contributed by atoms with E-state index in [1.807, 2.05) is 13.0 Å². The van der Waals surface area contributed by atoms with Crippen molar-refractivity contribution >= 4 is 5.97 Å². The van der Waals surface area contributed by atoms with E-state index in [4.69, 9.17) is 19.7 Å². The molecule has 0 atom stereocenters. The van der Waals surface area contributed by atoms with Gasteiger partial charge in [-0.25, -0.2) is 4.79 Å². The zero-order valence-electron chi connectivity index (χ0n) is 16.1. The third-order valence-corrected chi connectivity index (χ3v) is 3.81. The third-order valence-electron chi connectivity index (χ3n) is 3.81. The normalized spacial score (nSPS) is 10.6. The topological polar surface area (TPSA) is 76.0 Å². The molecule has 0 heterocycles. The predicted octanol–water partition coefficient (Wildman–Crippen LogP) is 5.91. The highest BCUT2D eigenvalue weighted by atomic mass is 19.4. The van der Waals surface area contributed by atoms with Crippen LogP contribution in [-0.2, 0) is 6.18 Å². The van der Waals surface area contributed by atoms with Crippen LogP contribution >= 0.6 is 0 Å². The molecular formula is C22H19F3O5. The van der Waals surface area contributed by atoms with Gasteiger partial charge in [-0.3, -0.25) is 0 Å². The van der Waals surface area contributed by atoms with Crippen LogP contribution in [-0.4, -0.2) is 23.3 Å². The first-order chi connectivity index (χ1) is 14.1. The number of carbonyl (C=O) groups is 1. The zero-order valence-corrected chi connectivity index (χ0v) is 16.1. The molecular weight excluding hydrogens is 401 g/mol. The van der Waals surface area contributed by atoms with E-state index in [1.54, 1.807) is 18.2 Å². The van der Waals surface area contributed by atoms with Crippen LogP contribution < -0.4 is 9.47 Å². The van der Waals surface area contributed by atoms with Crippen LogP contribution in [0, 0.1) is 6.92 Å². The highest BCUT2D eigenvalue weighted by molar-refractivity contribution is 5.88. The van der Waals surface area contributed by atoms with Gasteiger partial charge in [0.15, 0.2) is 11.5 Å². The molecule has 0 amide bonds. The minimum absolute atomic E-state index is 0.0671. The largest absolute Gasteiger partial charge is 0.504 e. The second-order valence-corrected chi connectivity index (χ2v) is 6.14. The number of aryl methyl sites for hydroxylation is 1. The second kappa shape index (κ2) is 9.69. The maximum atomic E-state index is 12.5. The van der Waals surface area contributed by atoms with E-state index in [0.717, 1.165) is 17.7 Å². The minimum Gasteiger partial charge on any atom is -0.504 e. The van der Waals surface area contributed by atoms with Crippen molar-refractivity contribution in [3.05, 3.63) is 83.4 Å². The molecule has 5 nitrogen and oxygen atoms in total. The number of carboxylic acids is 1. The van der Waals surface area contributed by atoms with Gasteiger partial charge in [0, 0.05) is 0 Å². The average Bonchev–Trinajstić information content (AvgIpc) is 2.68. The van der Waals surface area contributed by atoms with Gasteiger partial charge in [0.1, 0.15) is 11.5 Å². The molecule has 0 saturated heterocycles. The van der Waals surface area contributed by atoms with Crippen LogP contribution in [0.15, 0.2) is 66.7 Å². The number of carboxylic acid groups (broad SMARTS) is 1. The molecule has 0 aromatic heterocycles. The highest BCUT2D eigenvalue weighted by Crippen LogP contribution is 2.32. The molecule has 0 spiro atoms. The van der Waals surface area contributed by atoms with Gasteiger partial charge >= 0.3 is 12.1 Å². The monoisotopic (exact) mass is 420 g/mol. The van der Waals surface area contributed by atoms with Crippen LogP contribution in [0.3, 0.4) is 0 Å². The van der Waals surface area contributed by atoms with Gasteiger partial charge in [-0.05, 0) is 61.0 Å². The number of phenols is 1. The first-order valence-electron chi connectivity index (χ1n) is 8.62. The Morgan fingerprint density at radius 3 is 2.13 bits per heavy atom. The fourth-order valence-corrected chi connectivity index (χ4v) is 2.36. The lowest BCUT2D eigenvalue weighted by Crippen LogP contribution is -2.04. The fourth-order valence-electron chi connectivity index (χ4n) is 2.36. The summed E-state index contributed by atoms with van der Waals surface area (Å²) in [6, 6.07) is 15.8. The Morgan fingerprint density at radius 2 is 1.57 bits per heavy atom. The van der Waals surface area contributed by atoms with E-state index in [0.29, 0.717) is 5.75 Å². The number of ether oxygens (including phenoxy) is 2. The molecule has 8 heteroatoms. The standard InChI is InChI=1S/C14H11F3O.C8H8O4/c1-10-4-2-6-12(8-10)18-13-7-3-5-11(9-13)14(15,16)17;1-12-7-4-5(8(10)11)2-3-6(7)9/h2-9H,1H3;2-4,9H,1H3,(H,10,11). The maximum Gasteiger partial charge on any atom is 0.416 e. The Bertz CT molecular complexity index is 1020. The first-order valence-corrected chi connectivity index (χ1v) is 8.62. The van der Waals surface area contributed by atoms with E-state index in [1.165, 1.54) is 37.4 Å². The summed E-state index contributed by atoms with van der Waals surface area (Å²) in [6.07, 6.45) is -4.36. The quantitative estimate of drug-likeness (QED) is 0.549. The van der Waals surface area contributed by atoms with Gasteiger partial charge < -0.3 is 19.7 Å². The highest BCUT2D eigenvalue weighted by Gasteiger charge is 2.30. The molecule has 0 radical (unpaired) electrons. The van der Waals surface area contributed by atoms with Crippen LogP contribution in [0.5, 0.6) is 23.0 Å². The molecule has 30 heavy (non-hydrogen) atoms. The summed E-state index contributed by atoms with van der Waals surface area (Å²) < 4.78 is 47.7. The smallest absolute Gasteiger partial charge is 0.416 e. The number of methoxy groups -OCH3 is 1. The molecule has 0 bridgehead atoms. The van der Waals surface area contributed by atoms with Crippen molar-refractivity contribution in [1.82, 2.24) is 0 Å². The summed E-state index contributed by atoms with van der Waals surface area (Å²) in [5.74, 6) is -0.254. The van der Waals surface area contributed by atoms with E-state index < -0.39 is 17.7 Å². The Kier molecular flexibility index (Phi) is 7.30. The van der Waals surface area contributed by atoms with Crippen molar-refractivity contribution in [3.8, 4) is 23.0 Å². The Morgan fingerprint density at radius 1 is 0.933 bits per heavy atom. The SMILES string of the molecule is COc1cc(C(=O)O)ccc1O.Cc1cccc(Oc2cccc(C(F)(F)F)c2)c1. The van der Waals surface area contributed by atoms with Crippen molar-refractivity contribution < 1.29 is 37.7 Å². The summed E-state index contributed by atoms with van der Waals surface area (Å²) in [4.78, 5) is 10.4. The molecule has 3 rings (SSSR count). The lowest BCUT2D eigenvalue weighted by Gasteiger charge is -2.10. The van der Waals surface area contributed by atoms with E-state index >= 15 is 0 Å². The minimum atomic E-state index is -4.36. The third kappa shape index (κ3) is 6.44. The number of benzene rings is 3. The summed E-state index contributed by atoms with van der Waals surface area (Å²) in [5.41, 5.74) is 0.358. The van der Waals surface area contributed by atoms with E-state index in [2.05, 4.69) is 0 Å². The molecule has 3 aromatic rings. The van der Waals surface area contributed by atoms with Crippen LogP contribution in [0.1, 0.15) is 21.5 Å². The molecule has 2 N–H and O–H groups in total. The average molecular weight is 420 g/mol. The number of rotatable bonds is 4. The molecule has 0 fully saturated rings. The Labute approximate surface area is 170 Å². The molecule has 158 valence electrons. The molecule has 0 aliphatic rings. The van der Waals surface area contributed by atoms with Crippen LogP contribution in [0.4, 0.5) is 13.2 Å². The van der Waals surface area contributed by atoms with Gasteiger partial charge in [-0.2, -0.15) is 13.2 Å². The predicted molar refractivity (Wildman–Crippen MR) is 104 cm³/mol. The zero-order chi connectivity index (χ0) is 22.3. The molecule has 0 aliphatic carbocycles. The van der Waals surface area contributed by atoms with Gasteiger partial charge in [-0.1, -0.05) is 18.2 Å². The lowest BCUT2D eigenvalue weighted by atomic mass is 10.2. The number of halogens is 3.